The van der Waals surface area contributed by atoms with Crippen LogP contribution in [0.1, 0.15) is 108 Å². The minimum atomic E-state index is 0.825. The molecule has 59 heavy (non-hydrogen) atoms. The minimum absolute atomic E-state index is 0.825. The molecule has 0 unspecified atom stereocenters. The molecule has 0 aromatic heterocycles. The van der Waals surface area contributed by atoms with Gasteiger partial charge in [0.2, 0.25) is 0 Å². The molecule has 2 aliphatic rings. The van der Waals surface area contributed by atoms with Gasteiger partial charge in [-0.2, -0.15) is 0 Å². The number of nitrogens with zero attached hydrogens (tertiary/aromatic N) is 4. The number of thioether (sulfide) groups is 2. The summed E-state index contributed by atoms with van der Waals surface area (Å²) in [6.07, 6.45) is 17.8. The second kappa shape index (κ2) is 29.6. The standard InChI is InChI=1S/C27H40N2S.C26H38N2S/c1-2-19-29(26-15-8-4-9-16-26)22-21-28(24-25-13-6-3-7-14-25)20-12-23-30-27-17-10-5-11-18-27;1-2-18-28(25-14-9-10-15-25)21-20-27(23-24-12-5-3-6-13-24)19-11-22-29-26-16-7-4-8-17-26/h3,5-7,10-11,13-14,17-18,26H,2,4,8-9,12,15-16,19-24H2,1H3;3-8,12-13,16-17,25H,2,9-11,14-15,18-23H2,1H3. The average molecular weight is 835 g/mol. The van der Waals surface area contributed by atoms with Crippen molar-refractivity contribution in [3.63, 3.8) is 0 Å². The number of benzene rings is 4. The number of hydrogen-bond donors (Lipinski definition) is 0. The van der Waals surface area contributed by atoms with Crippen LogP contribution in [0.4, 0.5) is 0 Å². The molecule has 0 bridgehead atoms. The van der Waals surface area contributed by atoms with Gasteiger partial charge in [0, 0.05) is 61.1 Å². The van der Waals surface area contributed by atoms with Crippen molar-refractivity contribution < 1.29 is 0 Å². The van der Waals surface area contributed by atoms with E-state index in [1.165, 1.54) is 168 Å². The Morgan fingerprint density at radius 3 is 1.14 bits per heavy atom. The fraction of sp³-hybridized carbons (Fsp3) is 0.547. The second-order valence-corrected chi connectivity index (χ2v) is 19.2. The van der Waals surface area contributed by atoms with Gasteiger partial charge in [0.25, 0.3) is 0 Å². The lowest BCUT2D eigenvalue weighted by Gasteiger charge is -2.36. The van der Waals surface area contributed by atoms with Crippen LogP contribution in [0.5, 0.6) is 0 Å². The third-order valence-corrected chi connectivity index (χ3v) is 14.3. The van der Waals surface area contributed by atoms with Crippen molar-refractivity contribution >= 4 is 23.5 Å². The molecule has 0 amide bonds. The van der Waals surface area contributed by atoms with Crippen molar-refractivity contribution in [2.45, 2.75) is 132 Å². The summed E-state index contributed by atoms with van der Waals surface area (Å²) in [4.78, 5) is 13.7. The van der Waals surface area contributed by atoms with E-state index in [9.17, 15) is 0 Å². The van der Waals surface area contributed by atoms with Crippen LogP contribution in [0, 0.1) is 0 Å². The SMILES string of the molecule is CCCN(CCN(CCCSc1ccccc1)Cc1ccccc1)C1CCCC1.CCCN(CCN(CCCSc1ccccc1)Cc1ccccc1)C1CCCCC1. The zero-order valence-electron chi connectivity index (χ0n) is 37.0. The van der Waals surface area contributed by atoms with Crippen LogP contribution in [0.25, 0.3) is 0 Å². The first-order valence-electron chi connectivity index (χ1n) is 23.6. The topological polar surface area (TPSA) is 13.0 Å². The molecule has 2 aliphatic carbocycles. The third-order valence-electron chi connectivity index (χ3n) is 12.1. The molecule has 6 heteroatoms. The Balaban J connectivity index is 0.000000224. The maximum absolute atomic E-state index is 2.80. The molecule has 0 aliphatic heterocycles. The quantitative estimate of drug-likeness (QED) is 0.0458. The van der Waals surface area contributed by atoms with Crippen molar-refractivity contribution in [1.29, 1.82) is 0 Å². The van der Waals surface area contributed by atoms with Crippen LogP contribution in [-0.4, -0.2) is 95.5 Å². The lowest BCUT2D eigenvalue weighted by atomic mass is 9.94. The molecule has 0 heterocycles. The summed E-state index contributed by atoms with van der Waals surface area (Å²) in [5.41, 5.74) is 2.87. The maximum atomic E-state index is 2.80. The Hall–Kier alpha value is -2.58. The Bertz CT molecular complexity index is 1560. The summed E-state index contributed by atoms with van der Waals surface area (Å²) in [6.45, 7) is 16.5. The highest BCUT2D eigenvalue weighted by Crippen LogP contribution is 2.25. The van der Waals surface area contributed by atoms with E-state index in [4.69, 9.17) is 0 Å². The monoisotopic (exact) mass is 835 g/mol. The highest BCUT2D eigenvalue weighted by molar-refractivity contribution is 7.99. The Morgan fingerprint density at radius 1 is 0.407 bits per heavy atom. The summed E-state index contributed by atoms with van der Waals surface area (Å²) in [5.74, 6) is 2.38. The summed E-state index contributed by atoms with van der Waals surface area (Å²) >= 11 is 3.97. The molecule has 4 aromatic rings. The maximum Gasteiger partial charge on any atom is 0.0234 e. The van der Waals surface area contributed by atoms with E-state index in [1.54, 1.807) is 0 Å². The van der Waals surface area contributed by atoms with Gasteiger partial charge in [-0.15, -0.1) is 23.5 Å². The first kappa shape index (κ1) is 47.5. The van der Waals surface area contributed by atoms with Gasteiger partial charge in [-0.25, -0.2) is 0 Å². The molecular weight excluding hydrogens is 757 g/mol. The van der Waals surface area contributed by atoms with E-state index in [2.05, 4.69) is 155 Å². The van der Waals surface area contributed by atoms with Crippen molar-refractivity contribution in [3.8, 4) is 0 Å². The van der Waals surface area contributed by atoms with Gasteiger partial charge in [-0.3, -0.25) is 19.6 Å². The summed E-state index contributed by atoms with van der Waals surface area (Å²) in [7, 11) is 0. The van der Waals surface area contributed by atoms with Gasteiger partial charge < -0.3 is 0 Å². The van der Waals surface area contributed by atoms with Crippen LogP contribution in [-0.2, 0) is 13.1 Å². The van der Waals surface area contributed by atoms with Gasteiger partial charge in [0.1, 0.15) is 0 Å². The third kappa shape index (κ3) is 19.3. The van der Waals surface area contributed by atoms with Gasteiger partial charge in [0.05, 0.1) is 0 Å². The normalized spacial score (nSPS) is 15.0. The highest BCUT2D eigenvalue weighted by atomic mass is 32.2. The van der Waals surface area contributed by atoms with E-state index in [1.807, 2.05) is 23.5 Å². The lowest BCUT2D eigenvalue weighted by molar-refractivity contribution is 0.130. The van der Waals surface area contributed by atoms with Crippen molar-refractivity contribution in [2.75, 3.05) is 63.9 Å². The summed E-state index contributed by atoms with van der Waals surface area (Å²) < 4.78 is 0. The lowest BCUT2D eigenvalue weighted by Crippen LogP contribution is -2.42. The highest BCUT2D eigenvalue weighted by Gasteiger charge is 2.23. The largest absolute Gasteiger partial charge is 0.299 e. The molecule has 0 saturated heterocycles. The van der Waals surface area contributed by atoms with Crippen molar-refractivity contribution in [1.82, 2.24) is 19.6 Å². The first-order valence-corrected chi connectivity index (χ1v) is 25.5. The molecule has 4 nitrogen and oxygen atoms in total. The van der Waals surface area contributed by atoms with Crippen LogP contribution in [0.3, 0.4) is 0 Å². The second-order valence-electron chi connectivity index (χ2n) is 16.9. The molecule has 0 radical (unpaired) electrons. The molecule has 0 N–H and O–H groups in total. The van der Waals surface area contributed by atoms with Crippen LogP contribution in [0.2, 0.25) is 0 Å². The van der Waals surface area contributed by atoms with Gasteiger partial charge in [-0.05, 0) is 124 Å². The number of rotatable bonds is 26. The van der Waals surface area contributed by atoms with Crippen molar-refractivity contribution in [2.24, 2.45) is 0 Å². The van der Waals surface area contributed by atoms with E-state index in [-0.39, 0.29) is 0 Å². The molecule has 4 aromatic carbocycles. The van der Waals surface area contributed by atoms with E-state index in [0.29, 0.717) is 0 Å². The average Bonchev–Trinajstić information content (AvgIpc) is 3.84. The molecular formula is C53H78N4S2. The fourth-order valence-corrected chi connectivity index (χ4v) is 10.7. The molecule has 0 atom stereocenters. The predicted molar refractivity (Wildman–Crippen MR) is 260 cm³/mol. The van der Waals surface area contributed by atoms with Crippen LogP contribution in [0.15, 0.2) is 131 Å². The first-order chi connectivity index (χ1) is 29.2. The Labute approximate surface area is 369 Å². The molecule has 2 fully saturated rings. The fourth-order valence-electron chi connectivity index (χ4n) is 9.00. The smallest absolute Gasteiger partial charge is 0.0234 e. The molecule has 0 spiro atoms. The van der Waals surface area contributed by atoms with Crippen molar-refractivity contribution in [3.05, 3.63) is 132 Å². The summed E-state index contributed by atoms with van der Waals surface area (Å²) in [6, 6.07) is 45.3. The van der Waals surface area contributed by atoms with Gasteiger partial charge >= 0.3 is 0 Å². The van der Waals surface area contributed by atoms with Gasteiger partial charge in [0.15, 0.2) is 0 Å². The number of hydrogen-bond acceptors (Lipinski definition) is 6. The van der Waals surface area contributed by atoms with E-state index < -0.39 is 0 Å². The Kier molecular flexibility index (Phi) is 23.8. The van der Waals surface area contributed by atoms with Crippen LogP contribution < -0.4 is 0 Å². The molecule has 2 saturated carbocycles. The van der Waals surface area contributed by atoms with Gasteiger partial charge in [-0.1, -0.05) is 143 Å². The van der Waals surface area contributed by atoms with Crippen LogP contribution >= 0.6 is 23.5 Å². The minimum Gasteiger partial charge on any atom is -0.299 e. The molecule has 322 valence electrons. The molecule has 6 rings (SSSR count). The Morgan fingerprint density at radius 2 is 0.763 bits per heavy atom. The van der Waals surface area contributed by atoms with E-state index >= 15 is 0 Å². The predicted octanol–water partition coefficient (Wildman–Crippen LogP) is 13.0. The zero-order valence-corrected chi connectivity index (χ0v) is 38.6. The van der Waals surface area contributed by atoms with E-state index in [0.717, 1.165) is 25.2 Å². The zero-order chi connectivity index (χ0) is 41.0. The summed E-state index contributed by atoms with van der Waals surface area (Å²) in [5, 5.41) is 0.